The second-order valence-electron chi connectivity index (χ2n) is 3.67. The Balaban J connectivity index is 2.16. The second-order valence-corrected chi connectivity index (χ2v) is 5.87. The zero-order valence-electron chi connectivity index (χ0n) is 9.08. The van der Waals surface area contributed by atoms with Gasteiger partial charge in [0.05, 0.1) is 11.1 Å². The zero-order chi connectivity index (χ0) is 12.4. The van der Waals surface area contributed by atoms with Gasteiger partial charge in [-0.2, -0.15) is 0 Å². The summed E-state index contributed by atoms with van der Waals surface area (Å²) < 4.78 is 1.10. The monoisotopic (exact) mass is 331 g/mol. The first kappa shape index (κ1) is 12.7. The van der Waals surface area contributed by atoms with Crippen LogP contribution >= 0.6 is 38.9 Å². The van der Waals surface area contributed by atoms with Gasteiger partial charge >= 0.3 is 0 Å². The minimum absolute atomic E-state index is 0.0992. The van der Waals surface area contributed by atoms with E-state index in [4.69, 9.17) is 11.6 Å². The van der Waals surface area contributed by atoms with E-state index in [0.29, 0.717) is 5.02 Å². The van der Waals surface area contributed by atoms with Crippen LogP contribution in [0.25, 0.3) is 0 Å². The van der Waals surface area contributed by atoms with Gasteiger partial charge < -0.3 is 10.4 Å². The van der Waals surface area contributed by atoms with E-state index in [2.05, 4.69) is 28.2 Å². The molecular formula is C12H11BrClNOS. The molecule has 1 atom stereocenters. The number of benzene rings is 1. The van der Waals surface area contributed by atoms with Crippen LogP contribution in [-0.4, -0.2) is 5.11 Å². The smallest absolute Gasteiger partial charge is 0.134 e. The standard InChI is InChI=1S/C12H11BrClNOS/c1-7(12-9(13)4-5-17-12)15-8-2-3-11(16)10(14)6-8/h2-7,15-16H,1H3. The fraction of sp³-hybridized carbons (Fsp3) is 0.167. The molecule has 90 valence electrons. The average molecular weight is 333 g/mol. The molecular weight excluding hydrogens is 322 g/mol. The summed E-state index contributed by atoms with van der Waals surface area (Å²) in [6.07, 6.45) is 0. The molecule has 0 aliphatic carbocycles. The molecule has 2 N–H and O–H groups in total. The van der Waals surface area contributed by atoms with Gasteiger partial charge in [-0.15, -0.1) is 11.3 Å². The highest BCUT2D eigenvalue weighted by Crippen LogP contribution is 2.32. The van der Waals surface area contributed by atoms with E-state index in [1.165, 1.54) is 4.88 Å². The Bertz CT molecular complexity index is 529. The van der Waals surface area contributed by atoms with E-state index in [0.717, 1.165) is 10.2 Å². The van der Waals surface area contributed by atoms with E-state index in [-0.39, 0.29) is 11.8 Å². The molecule has 0 saturated heterocycles. The van der Waals surface area contributed by atoms with Gasteiger partial charge in [0, 0.05) is 15.0 Å². The van der Waals surface area contributed by atoms with Crippen LogP contribution in [-0.2, 0) is 0 Å². The van der Waals surface area contributed by atoms with Crippen LogP contribution < -0.4 is 5.32 Å². The summed E-state index contributed by atoms with van der Waals surface area (Å²) in [6, 6.07) is 7.32. The number of hydrogen-bond donors (Lipinski definition) is 2. The van der Waals surface area contributed by atoms with Gasteiger partial charge in [0.2, 0.25) is 0 Å². The number of aromatic hydroxyl groups is 1. The third kappa shape index (κ3) is 2.94. The number of hydrogen-bond acceptors (Lipinski definition) is 3. The van der Waals surface area contributed by atoms with Crippen molar-refractivity contribution < 1.29 is 5.11 Å². The molecule has 0 bridgehead atoms. The molecule has 1 aromatic carbocycles. The molecule has 0 aliphatic heterocycles. The van der Waals surface area contributed by atoms with Crippen molar-refractivity contribution in [3.05, 3.63) is 44.0 Å². The lowest BCUT2D eigenvalue weighted by molar-refractivity contribution is 0.475. The molecule has 2 rings (SSSR count). The van der Waals surface area contributed by atoms with Gasteiger partial charge in [-0.25, -0.2) is 0 Å². The maximum atomic E-state index is 9.34. The number of phenols is 1. The van der Waals surface area contributed by atoms with Crippen molar-refractivity contribution in [2.75, 3.05) is 5.32 Å². The normalized spacial score (nSPS) is 12.4. The first-order valence-electron chi connectivity index (χ1n) is 5.06. The quantitative estimate of drug-likeness (QED) is 0.772. The van der Waals surface area contributed by atoms with Crippen molar-refractivity contribution in [2.24, 2.45) is 0 Å². The molecule has 17 heavy (non-hydrogen) atoms. The molecule has 0 fully saturated rings. The van der Waals surface area contributed by atoms with Crippen LogP contribution in [0, 0.1) is 0 Å². The van der Waals surface area contributed by atoms with Gasteiger partial charge in [0.15, 0.2) is 0 Å². The van der Waals surface area contributed by atoms with E-state index in [9.17, 15) is 5.11 Å². The Kier molecular flexibility index (Phi) is 3.97. The topological polar surface area (TPSA) is 32.3 Å². The van der Waals surface area contributed by atoms with Crippen LogP contribution in [0.2, 0.25) is 5.02 Å². The Morgan fingerprint density at radius 2 is 2.18 bits per heavy atom. The summed E-state index contributed by atoms with van der Waals surface area (Å²) in [4.78, 5) is 1.23. The highest BCUT2D eigenvalue weighted by atomic mass is 79.9. The van der Waals surface area contributed by atoms with Crippen molar-refractivity contribution in [3.63, 3.8) is 0 Å². The number of rotatable bonds is 3. The summed E-state index contributed by atoms with van der Waals surface area (Å²) in [5, 5.41) is 15.1. The molecule has 2 nitrogen and oxygen atoms in total. The molecule has 1 unspecified atom stereocenters. The zero-order valence-corrected chi connectivity index (χ0v) is 12.2. The van der Waals surface area contributed by atoms with Crippen LogP contribution in [0.4, 0.5) is 5.69 Å². The van der Waals surface area contributed by atoms with Crippen LogP contribution in [0.3, 0.4) is 0 Å². The van der Waals surface area contributed by atoms with Crippen LogP contribution in [0.15, 0.2) is 34.1 Å². The molecule has 0 saturated carbocycles. The van der Waals surface area contributed by atoms with Crippen molar-refractivity contribution in [1.29, 1.82) is 0 Å². The van der Waals surface area contributed by atoms with Gasteiger partial charge in [-0.1, -0.05) is 11.6 Å². The molecule has 2 aromatic rings. The minimum Gasteiger partial charge on any atom is -0.506 e. The highest BCUT2D eigenvalue weighted by molar-refractivity contribution is 9.10. The summed E-state index contributed by atoms with van der Waals surface area (Å²) >= 11 is 11.1. The van der Waals surface area contributed by atoms with Gasteiger partial charge in [-0.3, -0.25) is 0 Å². The molecule has 5 heteroatoms. The predicted octanol–water partition coefficient (Wildman–Crippen LogP) is 5.04. The molecule has 1 aromatic heterocycles. The molecule has 0 spiro atoms. The lowest BCUT2D eigenvalue weighted by Gasteiger charge is -2.15. The Labute approximate surface area is 117 Å². The number of phenolic OH excluding ortho intramolecular Hbond substituents is 1. The highest BCUT2D eigenvalue weighted by Gasteiger charge is 2.11. The van der Waals surface area contributed by atoms with Crippen LogP contribution in [0.1, 0.15) is 17.8 Å². The fourth-order valence-electron chi connectivity index (χ4n) is 1.53. The largest absolute Gasteiger partial charge is 0.506 e. The Morgan fingerprint density at radius 1 is 1.41 bits per heavy atom. The van der Waals surface area contributed by atoms with E-state index < -0.39 is 0 Å². The average Bonchev–Trinajstić information content (AvgIpc) is 2.70. The van der Waals surface area contributed by atoms with Crippen molar-refractivity contribution >= 4 is 44.6 Å². The summed E-state index contributed by atoms with van der Waals surface area (Å²) in [5.41, 5.74) is 0.889. The predicted molar refractivity (Wildman–Crippen MR) is 77.2 cm³/mol. The van der Waals surface area contributed by atoms with E-state index >= 15 is 0 Å². The van der Waals surface area contributed by atoms with Crippen molar-refractivity contribution in [2.45, 2.75) is 13.0 Å². The van der Waals surface area contributed by atoms with Crippen LogP contribution in [0.5, 0.6) is 5.75 Å². The number of anilines is 1. The molecule has 0 radical (unpaired) electrons. The molecule has 0 amide bonds. The number of nitrogens with one attached hydrogen (secondary N) is 1. The second kappa shape index (κ2) is 5.29. The summed E-state index contributed by atoms with van der Waals surface area (Å²) in [6.45, 7) is 2.08. The van der Waals surface area contributed by atoms with Crippen molar-refractivity contribution in [3.8, 4) is 5.75 Å². The lowest BCUT2D eigenvalue weighted by Crippen LogP contribution is -2.05. The van der Waals surface area contributed by atoms with Gasteiger partial charge in [0.1, 0.15) is 5.75 Å². The number of thiophene rings is 1. The first-order chi connectivity index (χ1) is 8.08. The third-order valence-electron chi connectivity index (χ3n) is 2.37. The van der Waals surface area contributed by atoms with Crippen molar-refractivity contribution in [1.82, 2.24) is 0 Å². The Hall–Kier alpha value is -0.710. The fourth-order valence-corrected chi connectivity index (χ4v) is 3.43. The molecule has 0 aliphatic rings. The lowest BCUT2D eigenvalue weighted by atomic mass is 10.2. The van der Waals surface area contributed by atoms with Gasteiger partial charge in [0.25, 0.3) is 0 Å². The minimum atomic E-state index is 0.0992. The maximum Gasteiger partial charge on any atom is 0.134 e. The van der Waals surface area contributed by atoms with E-state index in [1.807, 2.05) is 11.4 Å². The third-order valence-corrected chi connectivity index (χ3v) is 4.73. The number of halogens is 2. The maximum absolute atomic E-state index is 9.34. The van der Waals surface area contributed by atoms with E-state index in [1.54, 1.807) is 29.5 Å². The summed E-state index contributed by atoms with van der Waals surface area (Å²) in [5.74, 6) is 0.0992. The Morgan fingerprint density at radius 3 is 2.76 bits per heavy atom. The van der Waals surface area contributed by atoms with Gasteiger partial charge in [-0.05, 0) is 52.5 Å². The molecule has 1 heterocycles. The first-order valence-corrected chi connectivity index (χ1v) is 7.11. The SMILES string of the molecule is CC(Nc1ccc(O)c(Cl)c1)c1sccc1Br. The summed E-state index contributed by atoms with van der Waals surface area (Å²) in [7, 11) is 0.